The van der Waals surface area contributed by atoms with Gasteiger partial charge in [0.25, 0.3) is 0 Å². The van der Waals surface area contributed by atoms with Crippen molar-refractivity contribution < 1.29 is 9.59 Å². The third kappa shape index (κ3) is 4.66. The summed E-state index contributed by atoms with van der Waals surface area (Å²) in [6, 6.07) is 0.281. The lowest BCUT2D eigenvalue weighted by Crippen LogP contribution is -2.57. The summed E-state index contributed by atoms with van der Waals surface area (Å²) in [5.41, 5.74) is 0. The number of likely N-dealkylation sites (N-methyl/N-ethyl adjacent to an activating group) is 1. The van der Waals surface area contributed by atoms with E-state index in [2.05, 4.69) is 20.8 Å². The number of rotatable bonds is 6. The van der Waals surface area contributed by atoms with Gasteiger partial charge in [0.05, 0.1) is 6.54 Å². The van der Waals surface area contributed by atoms with Crippen molar-refractivity contribution >= 4 is 24.2 Å². The van der Waals surface area contributed by atoms with Crippen LogP contribution in [0, 0.1) is 5.92 Å². The van der Waals surface area contributed by atoms with Gasteiger partial charge in [-0.3, -0.25) is 9.59 Å². The Labute approximate surface area is 153 Å². The quantitative estimate of drug-likeness (QED) is 0.727. The number of nitrogens with zero attached hydrogens (tertiary/aromatic N) is 6. The number of halogens is 1. The highest BCUT2D eigenvalue weighted by atomic mass is 35.5. The molecule has 0 unspecified atom stereocenters. The number of hydrogen-bond acceptors (Lipinski definition) is 6. The molecule has 2 saturated heterocycles. The first-order chi connectivity index (χ1) is 11.7. The minimum Gasteiger partial charge on any atom is -0.342 e. The first-order valence-electron chi connectivity index (χ1n) is 8.61. The molecule has 2 aliphatic heterocycles. The SMILES string of the molecule is CNCCN1C(=O)CC[C@H]2CN(C(=O)CCn3cnnn3)CC[C@H]21.Cl. The molecule has 140 valence electrons. The molecule has 2 aliphatic rings. The van der Waals surface area contributed by atoms with Gasteiger partial charge < -0.3 is 15.1 Å². The monoisotopic (exact) mass is 371 g/mol. The number of aromatic nitrogens is 4. The summed E-state index contributed by atoms with van der Waals surface area (Å²) in [5.74, 6) is 0.790. The summed E-state index contributed by atoms with van der Waals surface area (Å²) < 4.78 is 1.57. The lowest BCUT2D eigenvalue weighted by molar-refractivity contribution is -0.144. The Balaban J connectivity index is 0.00000225. The normalized spacial score (nSPS) is 23.2. The van der Waals surface area contributed by atoms with Crippen LogP contribution in [0.25, 0.3) is 0 Å². The zero-order chi connectivity index (χ0) is 16.9. The van der Waals surface area contributed by atoms with Crippen LogP contribution in [0.5, 0.6) is 0 Å². The van der Waals surface area contributed by atoms with Gasteiger partial charge in [-0.1, -0.05) is 0 Å². The molecule has 0 bridgehead atoms. The molecular formula is C15H26ClN7O2. The predicted molar refractivity (Wildman–Crippen MR) is 93.0 cm³/mol. The second kappa shape index (κ2) is 9.10. The van der Waals surface area contributed by atoms with Gasteiger partial charge in [0.15, 0.2) is 0 Å². The minimum atomic E-state index is 0. The number of aryl methyl sites for hydroxylation is 1. The molecule has 0 saturated carbocycles. The molecule has 25 heavy (non-hydrogen) atoms. The first-order valence-corrected chi connectivity index (χ1v) is 8.61. The number of piperidine rings is 2. The van der Waals surface area contributed by atoms with Gasteiger partial charge in [-0.25, -0.2) is 4.68 Å². The molecule has 2 fully saturated rings. The van der Waals surface area contributed by atoms with Gasteiger partial charge >= 0.3 is 0 Å². The Morgan fingerprint density at radius 1 is 1.36 bits per heavy atom. The number of carbonyl (C=O) groups excluding carboxylic acids is 2. The minimum absolute atomic E-state index is 0. The van der Waals surface area contributed by atoms with Crippen LogP contribution in [-0.2, 0) is 16.1 Å². The third-order valence-electron chi connectivity index (χ3n) is 5.05. The van der Waals surface area contributed by atoms with Crippen LogP contribution in [-0.4, -0.2) is 81.1 Å². The van der Waals surface area contributed by atoms with Crippen LogP contribution in [0.3, 0.4) is 0 Å². The van der Waals surface area contributed by atoms with E-state index in [0.29, 0.717) is 25.3 Å². The molecule has 0 spiro atoms. The van der Waals surface area contributed by atoms with Crippen molar-refractivity contribution in [2.45, 2.75) is 38.3 Å². The number of hydrogen-bond donors (Lipinski definition) is 1. The molecule has 0 radical (unpaired) electrons. The van der Waals surface area contributed by atoms with Crippen LogP contribution in [0.2, 0.25) is 0 Å². The average molecular weight is 372 g/mol. The van der Waals surface area contributed by atoms with Crippen molar-refractivity contribution in [2.75, 3.05) is 33.2 Å². The van der Waals surface area contributed by atoms with Crippen LogP contribution < -0.4 is 5.32 Å². The van der Waals surface area contributed by atoms with Gasteiger partial charge in [-0.2, -0.15) is 0 Å². The number of fused-ring (bicyclic) bond motifs is 1. The summed E-state index contributed by atoms with van der Waals surface area (Å²) in [7, 11) is 1.90. The second-order valence-corrected chi connectivity index (χ2v) is 6.51. The molecule has 0 aliphatic carbocycles. The van der Waals surface area contributed by atoms with Crippen molar-refractivity contribution in [3.8, 4) is 0 Å². The summed E-state index contributed by atoms with van der Waals surface area (Å²) in [5, 5.41) is 14.0. The van der Waals surface area contributed by atoms with Crippen LogP contribution in [0.15, 0.2) is 6.33 Å². The van der Waals surface area contributed by atoms with E-state index in [0.717, 1.165) is 39.0 Å². The lowest BCUT2D eigenvalue weighted by Gasteiger charge is -2.47. The molecule has 10 heteroatoms. The predicted octanol–water partition coefficient (Wildman–Crippen LogP) is -0.456. The summed E-state index contributed by atoms with van der Waals surface area (Å²) in [6.45, 7) is 3.54. The number of nitrogens with one attached hydrogen (secondary N) is 1. The van der Waals surface area contributed by atoms with Gasteiger partial charge in [0.2, 0.25) is 11.8 Å². The zero-order valence-electron chi connectivity index (χ0n) is 14.5. The van der Waals surface area contributed by atoms with E-state index < -0.39 is 0 Å². The highest BCUT2D eigenvalue weighted by molar-refractivity contribution is 5.85. The average Bonchev–Trinajstić information content (AvgIpc) is 3.12. The van der Waals surface area contributed by atoms with Crippen molar-refractivity contribution in [1.29, 1.82) is 0 Å². The Bertz CT molecular complexity index is 568. The molecule has 3 rings (SSSR count). The fourth-order valence-corrected chi connectivity index (χ4v) is 3.75. The van der Waals surface area contributed by atoms with Crippen molar-refractivity contribution in [2.24, 2.45) is 5.92 Å². The summed E-state index contributed by atoms with van der Waals surface area (Å²) in [6.07, 6.45) is 4.28. The smallest absolute Gasteiger partial charge is 0.224 e. The summed E-state index contributed by atoms with van der Waals surface area (Å²) >= 11 is 0. The Kier molecular flexibility index (Phi) is 7.12. The van der Waals surface area contributed by atoms with Crippen LogP contribution in [0.4, 0.5) is 0 Å². The molecule has 1 N–H and O–H groups in total. The molecule has 0 aromatic carbocycles. The second-order valence-electron chi connectivity index (χ2n) is 6.51. The fourth-order valence-electron chi connectivity index (χ4n) is 3.75. The van der Waals surface area contributed by atoms with Crippen LogP contribution in [0.1, 0.15) is 25.7 Å². The maximum absolute atomic E-state index is 12.4. The number of amides is 2. The Morgan fingerprint density at radius 3 is 2.92 bits per heavy atom. The third-order valence-corrected chi connectivity index (χ3v) is 5.05. The standard InChI is InChI=1S/C15H25N7O2.ClH/c1-16-6-9-22-13-4-7-20(10-12(13)2-3-15(22)24)14(23)5-8-21-11-17-18-19-21;/h11-13,16H,2-10H2,1H3;1H/t12-,13+;/m0./s1. The maximum atomic E-state index is 12.4. The van der Waals surface area contributed by atoms with Gasteiger partial charge in [0.1, 0.15) is 6.33 Å². The number of tetrazole rings is 1. The molecule has 1 aromatic rings. The van der Waals surface area contributed by atoms with E-state index in [1.807, 2.05) is 16.8 Å². The Morgan fingerprint density at radius 2 is 2.20 bits per heavy atom. The largest absolute Gasteiger partial charge is 0.342 e. The zero-order valence-corrected chi connectivity index (χ0v) is 15.3. The van der Waals surface area contributed by atoms with Crippen molar-refractivity contribution in [3.05, 3.63) is 6.33 Å². The lowest BCUT2D eigenvalue weighted by atomic mass is 9.83. The van der Waals surface area contributed by atoms with E-state index in [-0.39, 0.29) is 30.3 Å². The van der Waals surface area contributed by atoms with E-state index in [1.54, 1.807) is 4.68 Å². The first kappa shape index (κ1) is 19.6. The topological polar surface area (TPSA) is 96.2 Å². The maximum Gasteiger partial charge on any atom is 0.224 e. The molecule has 1 aromatic heterocycles. The molecule has 2 amide bonds. The Hall–Kier alpha value is -1.74. The van der Waals surface area contributed by atoms with Gasteiger partial charge in [-0.15, -0.1) is 17.5 Å². The highest BCUT2D eigenvalue weighted by Crippen LogP contribution is 2.31. The van der Waals surface area contributed by atoms with Gasteiger partial charge in [-0.05, 0) is 36.2 Å². The molecule has 9 nitrogen and oxygen atoms in total. The summed E-state index contributed by atoms with van der Waals surface area (Å²) in [4.78, 5) is 28.6. The fraction of sp³-hybridized carbons (Fsp3) is 0.800. The van der Waals surface area contributed by atoms with E-state index >= 15 is 0 Å². The molecule has 2 atom stereocenters. The van der Waals surface area contributed by atoms with Gasteiger partial charge in [0, 0.05) is 45.1 Å². The van der Waals surface area contributed by atoms with E-state index in [9.17, 15) is 9.59 Å². The molecule has 3 heterocycles. The highest BCUT2D eigenvalue weighted by Gasteiger charge is 2.39. The van der Waals surface area contributed by atoms with E-state index in [4.69, 9.17) is 0 Å². The van der Waals surface area contributed by atoms with E-state index in [1.165, 1.54) is 6.33 Å². The number of carbonyl (C=O) groups is 2. The van der Waals surface area contributed by atoms with Crippen LogP contribution >= 0.6 is 12.4 Å². The van der Waals surface area contributed by atoms with Crippen molar-refractivity contribution in [1.82, 2.24) is 35.3 Å². The van der Waals surface area contributed by atoms with Crippen molar-refractivity contribution in [3.63, 3.8) is 0 Å². The number of likely N-dealkylation sites (tertiary alicyclic amines) is 2. The molecular weight excluding hydrogens is 346 g/mol.